The molecule has 0 heterocycles. The molecule has 0 aromatic heterocycles. The minimum Gasteiger partial charge on any atom is -0.388 e. The molecule has 2 rings (SSSR count). The molecular formula is C17H21NO. The van der Waals surface area contributed by atoms with E-state index >= 15 is 0 Å². The van der Waals surface area contributed by atoms with E-state index in [0.717, 1.165) is 17.7 Å². The molecule has 19 heavy (non-hydrogen) atoms. The SMILES string of the molecule is CCC(O)c1ccc(N(C)c2cccc(C)c2)cc1. The summed E-state index contributed by atoms with van der Waals surface area (Å²) in [4.78, 5) is 2.15. The summed E-state index contributed by atoms with van der Waals surface area (Å²) in [6.07, 6.45) is 0.380. The van der Waals surface area contributed by atoms with E-state index in [4.69, 9.17) is 0 Å². The van der Waals surface area contributed by atoms with Crippen molar-refractivity contribution in [3.05, 3.63) is 59.7 Å². The largest absolute Gasteiger partial charge is 0.388 e. The number of hydrogen-bond acceptors (Lipinski definition) is 2. The maximum absolute atomic E-state index is 9.80. The zero-order chi connectivity index (χ0) is 13.8. The molecule has 0 aliphatic heterocycles. The highest BCUT2D eigenvalue weighted by Gasteiger charge is 2.07. The molecule has 1 atom stereocenters. The predicted octanol–water partition coefficient (Wildman–Crippen LogP) is 4.21. The molecule has 2 aromatic carbocycles. The van der Waals surface area contributed by atoms with Gasteiger partial charge in [0.05, 0.1) is 6.10 Å². The number of aliphatic hydroxyl groups excluding tert-OH is 1. The number of rotatable bonds is 4. The van der Waals surface area contributed by atoms with Crippen molar-refractivity contribution in [2.75, 3.05) is 11.9 Å². The number of aryl methyl sites for hydroxylation is 1. The van der Waals surface area contributed by atoms with Crippen LogP contribution in [0.15, 0.2) is 48.5 Å². The van der Waals surface area contributed by atoms with Crippen LogP contribution in [-0.2, 0) is 0 Å². The highest BCUT2D eigenvalue weighted by molar-refractivity contribution is 5.63. The van der Waals surface area contributed by atoms with E-state index < -0.39 is 0 Å². The zero-order valence-corrected chi connectivity index (χ0v) is 11.8. The Hall–Kier alpha value is -1.80. The molecule has 0 saturated heterocycles. The molecule has 0 bridgehead atoms. The van der Waals surface area contributed by atoms with Crippen LogP contribution in [0.3, 0.4) is 0 Å². The van der Waals surface area contributed by atoms with Gasteiger partial charge in [-0.15, -0.1) is 0 Å². The molecule has 1 unspecified atom stereocenters. The summed E-state index contributed by atoms with van der Waals surface area (Å²) in [6.45, 7) is 4.08. The van der Waals surface area contributed by atoms with E-state index in [0.29, 0.717) is 0 Å². The number of nitrogens with zero attached hydrogens (tertiary/aromatic N) is 1. The normalized spacial score (nSPS) is 12.2. The van der Waals surface area contributed by atoms with Gasteiger partial charge in [-0.1, -0.05) is 31.2 Å². The van der Waals surface area contributed by atoms with Gasteiger partial charge in [-0.05, 0) is 48.7 Å². The van der Waals surface area contributed by atoms with Crippen molar-refractivity contribution in [1.29, 1.82) is 0 Å². The van der Waals surface area contributed by atoms with Gasteiger partial charge in [-0.3, -0.25) is 0 Å². The second-order valence-electron chi connectivity index (χ2n) is 4.91. The Morgan fingerprint density at radius 2 is 1.74 bits per heavy atom. The summed E-state index contributed by atoms with van der Waals surface area (Å²) >= 11 is 0. The third kappa shape index (κ3) is 3.15. The van der Waals surface area contributed by atoms with Crippen LogP contribution in [0.1, 0.15) is 30.6 Å². The Bertz CT molecular complexity index is 533. The van der Waals surface area contributed by atoms with Gasteiger partial charge in [0, 0.05) is 18.4 Å². The summed E-state index contributed by atoms with van der Waals surface area (Å²) in [5.74, 6) is 0. The molecule has 0 fully saturated rings. The Kier molecular flexibility index (Phi) is 4.23. The fraction of sp³-hybridized carbons (Fsp3) is 0.294. The highest BCUT2D eigenvalue weighted by atomic mass is 16.3. The first-order valence-electron chi connectivity index (χ1n) is 6.70. The van der Waals surface area contributed by atoms with E-state index in [1.165, 1.54) is 11.3 Å². The monoisotopic (exact) mass is 255 g/mol. The minimum absolute atomic E-state index is 0.363. The lowest BCUT2D eigenvalue weighted by atomic mass is 10.1. The number of hydrogen-bond donors (Lipinski definition) is 1. The van der Waals surface area contributed by atoms with Crippen LogP contribution in [0, 0.1) is 6.92 Å². The third-order valence-electron chi connectivity index (χ3n) is 3.44. The number of aliphatic hydroxyl groups is 1. The molecule has 0 aliphatic carbocycles. The van der Waals surface area contributed by atoms with E-state index in [1.54, 1.807) is 0 Å². The molecule has 0 aliphatic rings. The molecule has 0 radical (unpaired) electrons. The van der Waals surface area contributed by atoms with Crippen LogP contribution in [0.5, 0.6) is 0 Å². The molecule has 2 heteroatoms. The van der Waals surface area contributed by atoms with Crippen molar-refractivity contribution >= 4 is 11.4 Å². The molecule has 0 spiro atoms. The van der Waals surface area contributed by atoms with Crippen LogP contribution in [0.25, 0.3) is 0 Å². The second-order valence-corrected chi connectivity index (χ2v) is 4.91. The van der Waals surface area contributed by atoms with Crippen LogP contribution in [-0.4, -0.2) is 12.2 Å². The van der Waals surface area contributed by atoms with Gasteiger partial charge in [-0.25, -0.2) is 0 Å². The van der Waals surface area contributed by atoms with Crippen molar-refractivity contribution in [3.63, 3.8) is 0 Å². The van der Waals surface area contributed by atoms with Gasteiger partial charge in [0.25, 0.3) is 0 Å². The topological polar surface area (TPSA) is 23.5 Å². The standard InChI is InChI=1S/C17H21NO/c1-4-17(19)14-8-10-15(11-9-14)18(3)16-7-5-6-13(2)12-16/h5-12,17,19H,4H2,1-3H3. The summed E-state index contributed by atoms with van der Waals surface area (Å²) in [7, 11) is 2.06. The average Bonchev–Trinajstić information content (AvgIpc) is 2.46. The summed E-state index contributed by atoms with van der Waals surface area (Å²) in [5.41, 5.74) is 4.52. The van der Waals surface area contributed by atoms with Gasteiger partial charge in [0.1, 0.15) is 0 Å². The number of benzene rings is 2. The van der Waals surface area contributed by atoms with Gasteiger partial charge < -0.3 is 10.0 Å². The maximum Gasteiger partial charge on any atom is 0.0787 e. The smallest absolute Gasteiger partial charge is 0.0787 e. The van der Waals surface area contributed by atoms with Gasteiger partial charge in [-0.2, -0.15) is 0 Å². The Labute approximate surface area is 115 Å². The molecule has 2 nitrogen and oxygen atoms in total. The Morgan fingerprint density at radius 1 is 1.05 bits per heavy atom. The predicted molar refractivity (Wildman–Crippen MR) is 80.9 cm³/mol. The molecule has 0 saturated carbocycles. The van der Waals surface area contributed by atoms with Crippen LogP contribution < -0.4 is 4.90 Å². The highest BCUT2D eigenvalue weighted by Crippen LogP contribution is 2.26. The van der Waals surface area contributed by atoms with Gasteiger partial charge in [0.2, 0.25) is 0 Å². The summed E-state index contributed by atoms with van der Waals surface area (Å²) in [5, 5.41) is 9.80. The van der Waals surface area contributed by atoms with E-state index in [2.05, 4.69) is 55.3 Å². The first-order valence-corrected chi connectivity index (χ1v) is 6.70. The van der Waals surface area contributed by atoms with Crippen LogP contribution in [0.2, 0.25) is 0 Å². The van der Waals surface area contributed by atoms with Gasteiger partial charge in [0.15, 0.2) is 0 Å². The fourth-order valence-corrected chi connectivity index (χ4v) is 2.14. The van der Waals surface area contributed by atoms with Crippen molar-refractivity contribution in [1.82, 2.24) is 0 Å². The first kappa shape index (κ1) is 13.6. The molecule has 0 amide bonds. The minimum atomic E-state index is -0.363. The Morgan fingerprint density at radius 3 is 2.32 bits per heavy atom. The van der Waals surface area contributed by atoms with Crippen molar-refractivity contribution in [3.8, 4) is 0 Å². The summed E-state index contributed by atoms with van der Waals surface area (Å²) < 4.78 is 0. The quantitative estimate of drug-likeness (QED) is 0.884. The lowest BCUT2D eigenvalue weighted by molar-refractivity contribution is 0.173. The third-order valence-corrected chi connectivity index (χ3v) is 3.44. The lowest BCUT2D eigenvalue weighted by Gasteiger charge is -2.20. The van der Waals surface area contributed by atoms with Crippen LogP contribution in [0.4, 0.5) is 11.4 Å². The molecule has 100 valence electrons. The lowest BCUT2D eigenvalue weighted by Crippen LogP contribution is -2.09. The zero-order valence-electron chi connectivity index (χ0n) is 11.8. The van der Waals surface area contributed by atoms with Crippen LogP contribution >= 0.6 is 0 Å². The van der Waals surface area contributed by atoms with Gasteiger partial charge >= 0.3 is 0 Å². The van der Waals surface area contributed by atoms with Crippen molar-refractivity contribution < 1.29 is 5.11 Å². The molecule has 1 N–H and O–H groups in total. The first-order chi connectivity index (χ1) is 9.11. The second kappa shape index (κ2) is 5.89. The molecule has 2 aromatic rings. The molecular weight excluding hydrogens is 234 g/mol. The van der Waals surface area contributed by atoms with E-state index in [9.17, 15) is 5.11 Å². The van der Waals surface area contributed by atoms with Crippen molar-refractivity contribution in [2.24, 2.45) is 0 Å². The van der Waals surface area contributed by atoms with E-state index in [-0.39, 0.29) is 6.10 Å². The average molecular weight is 255 g/mol. The van der Waals surface area contributed by atoms with Crippen molar-refractivity contribution in [2.45, 2.75) is 26.4 Å². The van der Waals surface area contributed by atoms with E-state index in [1.807, 2.05) is 19.1 Å². The number of anilines is 2. The maximum atomic E-state index is 9.80. The Balaban J connectivity index is 2.22. The summed E-state index contributed by atoms with van der Waals surface area (Å²) in [6, 6.07) is 16.5. The fourth-order valence-electron chi connectivity index (χ4n) is 2.14.